The van der Waals surface area contributed by atoms with Gasteiger partial charge in [0, 0.05) is 38.2 Å². The van der Waals surface area contributed by atoms with Gasteiger partial charge < -0.3 is 4.90 Å². The second-order valence-corrected chi connectivity index (χ2v) is 8.08. The molecular weight excluding hydrogens is 379 g/mol. The third-order valence-electron chi connectivity index (χ3n) is 6.14. The number of rotatable bonds is 5. The summed E-state index contributed by atoms with van der Waals surface area (Å²) < 4.78 is 13.8. The first-order valence-electron chi connectivity index (χ1n) is 10.7. The lowest BCUT2D eigenvalue weighted by molar-refractivity contribution is -0.134. The minimum atomic E-state index is -0.291. The Kier molecular flexibility index (Phi) is 6.25. The largest absolute Gasteiger partial charge is 0.301 e. The molecule has 1 atom stereocenters. The Morgan fingerprint density at radius 1 is 1.07 bits per heavy atom. The number of halogens is 1. The molecule has 2 aliphatic rings. The van der Waals surface area contributed by atoms with Crippen molar-refractivity contribution >= 4 is 11.6 Å². The highest BCUT2D eigenvalue weighted by molar-refractivity contribution is 6.03. The van der Waals surface area contributed by atoms with Crippen LogP contribution in [0.2, 0.25) is 0 Å². The van der Waals surface area contributed by atoms with Crippen molar-refractivity contribution in [3.63, 3.8) is 0 Å². The molecule has 2 aliphatic heterocycles. The van der Waals surface area contributed by atoms with Crippen LogP contribution in [0.5, 0.6) is 0 Å². The quantitative estimate of drug-likeness (QED) is 0.761. The molecule has 0 radical (unpaired) electrons. The summed E-state index contributed by atoms with van der Waals surface area (Å²) in [4.78, 5) is 17.9. The fraction of sp³-hybridized carbons (Fsp3) is 0.417. The van der Waals surface area contributed by atoms with E-state index in [0.29, 0.717) is 13.0 Å². The normalized spacial score (nSPS) is 20.4. The van der Waals surface area contributed by atoms with Gasteiger partial charge >= 0.3 is 0 Å². The number of aryl methyl sites for hydroxylation is 1. The van der Waals surface area contributed by atoms with Gasteiger partial charge in [0.15, 0.2) is 0 Å². The standard InChI is InChI=1S/C24H29FN4O/c1-3-27-11-13-28(14-12-27)17-24(30)29-23(21-10-5-4-7-18(21)2)16-22(26-29)19-8-6-9-20(25)15-19/h4-10,15,23H,3,11-14,16-17H2,1-2H3/t23-/m0/s1. The first-order valence-corrected chi connectivity index (χ1v) is 10.7. The van der Waals surface area contributed by atoms with Crippen LogP contribution in [0.15, 0.2) is 53.6 Å². The molecule has 158 valence electrons. The highest BCUT2D eigenvalue weighted by Crippen LogP contribution is 2.34. The second-order valence-electron chi connectivity index (χ2n) is 8.08. The van der Waals surface area contributed by atoms with Gasteiger partial charge in [-0.2, -0.15) is 5.10 Å². The Bertz CT molecular complexity index is 936. The summed E-state index contributed by atoms with van der Waals surface area (Å²) in [5, 5.41) is 6.33. The zero-order valence-corrected chi connectivity index (χ0v) is 17.7. The van der Waals surface area contributed by atoms with Crippen molar-refractivity contribution in [2.45, 2.75) is 26.3 Å². The highest BCUT2D eigenvalue weighted by Gasteiger charge is 2.34. The Hall–Kier alpha value is -2.57. The average molecular weight is 409 g/mol. The van der Waals surface area contributed by atoms with Gasteiger partial charge in [0.2, 0.25) is 0 Å². The van der Waals surface area contributed by atoms with Crippen molar-refractivity contribution in [3.05, 3.63) is 71.0 Å². The summed E-state index contributed by atoms with van der Waals surface area (Å²) in [6.07, 6.45) is 0.587. The van der Waals surface area contributed by atoms with Crippen LogP contribution in [0, 0.1) is 12.7 Å². The fourth-order valence-corrected chi connectivity index (χ4v) is 4.31. The van der Waals surface area contributed by atoms with Crippen LogP contribution >= 0.6 is 0 Å². The number of piperazine rings is 1. The molecule has 2 aromatic carbocycles. The van der Waals surface area contributed by atoms with E-state index in [-0.39, 0.29) is 17.8 Å². The smallest absolute Gasteiger partial charge is 0.257 e. The Morgan fingerprint density at radius 3 is 2.50 bits per heavy atom. The number of hydrazone groups is 1. The fourth-order valence-electron chi connectivity index (χ4n) is 4.31. The first kappa shape index (κ1) is 20.7. The third kappa shape index (κ3) is 4.45. The number of amides is 1. The monoisotopic (exact) mass is 408 g/mol. The van der Waals surface area contributed by atoms with Crippen molar-refractivity contribution < 1.29 is 9.18 Å². The summed E-state index contributed by atoms with van der Waals surface area (Å²) in [5.41, 5.74) is 3.72. The summed E-state index contributed by atoms with van der Waals surface area (Å²) >= 11 is 0. The molecule has 1 saturated heterocycles. The number of hydrogen-bond donors (Lipinski definition) is 0. The predicted octanol–water partition coefficient (Wildman–Crippen LogP) is 3.45. The van der Waals surface area contributed by atoms with E-state index in [9.17, 15) is 9.18 Å². The lowest BCUT2D eigenvalue weighted by Gasteiger charge is -2.34. The maximum atomic E-state index is 13.8. The van der Waals surface area contributed by atoms with Gasteiger partial charge in [0.1, 0.15) is 5.82 Å². The van der Waals surface area contributed by atoms with Gasteiger partial charge in [0.05, 0.1) is 18.3 Å². The van der Waals surface area contributed by atoms with E-state index in [1.807, 2.05) is 18.2 Å². The molecule has 1 amide bonds. The maximum Gasteiger partial charge on any atom is 0.257 e. The van der Waals surface area contributed by atoms with Gasteiger partial charge in [-0.1, -0.05) is 43.3 Å². The predicted molar refractivity (Wildman–Crippen MR) is 117 cm³/mol. The molecule has 30 heavy (non-hydrogen) atoms. The van der Waals surface area contributed by atoms with Gasteiger partial charge in [-0.15, -0.1) is 0 Å². The van der Waals surface area contributed by atoms with Gasteiger partial charge in [-0.25, -0.2) is 9.40 Å². The molecule has 0 saturated carbocycles. The molecule has 0 aliphatic carbocycles. The van der Waals surface area contributed by atoms with Crippen molar-refractivity contribution in [2.24, 2.45) is 5.10 Å². The summed E-state index contributed by atoms with van der Waals surface area (Å²) in [6, 6.07) is 14.4. The van der Waals surface area contributed by atoms with Crippen molar-refractivity contribution in [1.82, 2.24) is 14.8 Å². The topological polar surface area (TPSA) is 39.1 Å². The number of benzene rings is 2. The summed E-state index contributed by atoms with van der Waals surface area (Å²) in [5.74, 6) is -0.291. The van der Waals surface area contributed by atoms with Crippen LogP contribution in [0.25, 0.3) is 0 Å². The number of likely N-dealkylation sites (N-methyl/N-ethyl adjacent to an activating group) is 1. The second kappa shape index (κ2) is 9.06. The number of nitrogens with zero attached hydrogens (tertiary/aromatic N) is 4. The Labute approximate surface area is 177 Å². The molecule has 6 heteroatoms. The van der Waals surface area contributed by atoms with Crippen LogP contribution < -0.4 is 0 Å². The lowest BCUT2D eigenvalue weighted by atomic mass is 9.95. The molecule has 0 aromatic heterocycles. The number of hydrogen-bond acceptors (Lipinski definition) is 4. The summed E-state index contributed by atoms with van der Waals surface area (Å²) in [7, 11) is 0. The van der Waals surface area contributed by atoms with Gasteiger partial charge in [0.25, 0.3) is 5.91 Å². The minimum absolute atomic E-state index is 0.000366. The SMILES string of the molecule is CCN1CCN(CC(=O)N2N=C(c3cccc(F)c3)C[C@H]2c2ccccc2C)CC1. The Balaban J connectivity index is 1.57. The van der Waals surface area contributed by atoms with E-state index in [0.717, 1.165) is 55.1 Å². The van der Waals surface area contributed by atoms with E-state index in [1.165, 1.54) is 12.1 Å². The first-order chi connectivity index (χ1) is 14.5. The average Bonchev–Trinajstić information content (AvgIpc) is 3.20. The van der Waals surface area contributed by atoms with E-state index in [1.54, 1.807) is 11.1 Å². The van der Waals surface area contributed by atoms with E-state index < -0.39 is 0 Å². The molecule has 2 aromatic rings. The molecule has 5 nitrogen and oxygen atoms in total. The molecule has 0 bridgehead atoms. The van der Waals surface area contributed by atoms with E-state index in [4.69, 9.17) is 5.10 Å². The van der Waals surface area contributed by atoms with Crippen molar-refractivity contribution in [1.29, 1.82) is 0 Å². The minimum Gasteiger partial charge on any atom is -0.301 e. The number of carbonyl (C=O) groups is 1. The molecule has 4 rings (SSSR count). The van der Waals surface area contributed by atoms with Gasteiger partial charge in [-0.05, 0) is 36.7 Å². The third-order valence-corrected chi connectivity index (χ3v) is 6.14. The van der Waals surface area contributed by atoms with Crippen LogP contribution in [0.1, 0.15) is 36.1 Å². The lowest BCUT2D eigenvalue weighted by Crippen LogP contribution is -2.49. The molecule has 1 fully saturated rings. The van der Waals surface area contributed by atoms with Crippen LogP contribution in [-0.4, -0.2) is 65.7 Å². The van der Waals surface area contributed by atoms with E-state index >= 15 is 0 Å². The zero-order valence-electron chi connectivity index (χ0n) is 17.7. The number of carbonyl (C=O) groups excluding carboxylic acids is 1. The molecule has 2 heterocycles. The van der Waals surface area contributed by atoms with Crippen LogP contribution in [-0.2, 0) is 4.79 Å². The molecule has 0 spiro atoms. The highest BCUT2D eigenvalue weighted by atomic mass is 19.1. The summed E-state index contributed by atoms with van der Waals surface area (Å²) in [6.45, 7) is 9.39. The van der Waals surface area contributed by atoms with Crippen molar-refractivity contribution in [3.8, 4) is 0 Å². The van der Waals surface area contributed by atoms with E-state index in [2.05, 4.69) is 35.8 Å². The van der Waals surface area contributed by atoms with Crippen LogP contribution in [0.4, 0.5) is 4.39 Å². The van der Waals surface area contributed by atoms with Crippen LogP contribution in [0.3, 0.4) is 0 Å². The molecular formula is C24H29FN4O. The van der Waals surface area contributed by atoms with Gasteiger partial charge in [-0.3, -0.25) is 9.69 Å². The van der Waals surface area contributed by atoms with Crippen molar-refractivity contribution in [2.75, 3.05) is 39.3 Å². The molecule has 0 N–H and O–H groups in total. The maximum absolute atomic E-state index is 13.8. The Morgan fingerprint density at radius 2 is 1.80 bits per heavy atom. The zero-order chi connectivity index (χ0) is 21.1. The molecule has 0 unspecified atom stereocenters.